The summed E-state index contributed by atoms with van der Waals surface area (Å²) in [6, 6.07) is 6.52. The molecule has 0 saturated carbocycles. The summed E-state index contributed by atoms with van der Waals surface area (Å²) in [6.45, 7) is 1.81. The van der Waals surface area contributed by atoms with Gasteiger partial charge in [-0.3, -0.25) is 9.59 Å². The number of nitrogens with one attached hydrogen (secondary N) is 2. The lowest BCUT2D eigenvalue weighted by atomic mass is 10.2. The van der Waals surface area contributed by atoms with Crippen molar-refractivity contribution in [3.63, 3.8) is 0 Å². The topological polar surface area (TPSA) is 106 Å². The summed E-state index contributed by atoms with van der Waals surface area (Å²) in [7, 11) is 1.51. The van der Waals surface area contributed by atoms with Crippen LogP contribution in [0.3, 0.4) is 0 Å². The average molecular weight is 304 g/mol. The highest BCUT2D eigenvalue weighted by Crippen LogP contribution is 2.13. The Bertz CT molecular complexity index is 651. The highest BCUT2D eigenvalue weighted by atomic mass is 16.5. The average Bonchev–Trinajstić information content (AvgIpc) is 2.96. The van der Waals surface area contributed by atoms with E-state index in [1.807, 2.05) is 0 Å². The summed E-state index contributed by atoms with van der Waals surface area (Å²) in [5, 5.41) is 8.64. The quantitative estimate of drug-likeness (QED) is 0.801. The molecule has 0 bridgehead atoms. The van der Waals surface area contributed by atoms with Gasteiger partial charge in [0.25, 0.3) is 5.91 Å². The van der Waals surface area contributed by atoms with Crippen molar-refractivity contribution in [3.05, 3.63) is 41.5 Å². The lowest BCUT2D eigenvalue weighted by molar-refractivity contribution is -0.119. The van der Waals surface area contributed by atoms with Gasteiger partial charge in [0.05, 0.1) is 6.54 Å². The zero-order chi connectivity index (χ0) is 15.9. The number of hydrogen-bond donors (Lipinski definition) is 2. The molecular formula is C14H16N4O4. The van der Waals surface area contributed by atoms with Crippen LogP contribution in [0, 0.1) is 6.92 Å². The van der Waals surface area contributed by atoms with E-state index in [1.54, 1.807) is 31.2 Å². The number of likely N-dealkylation sites (N-methyl/N-ethyl adjacent to an activating group) is 1. The number of rotatable bonds is 6. The maximum Gasteiger partial charge on any atom is 0.251 e. The summed E-state index contributed by atoms with van der Waals surface area (Å²) >= 11 is 0. The van der Waals surface area contributed by atoms with Gasteiger partial charge in [-0.1, -0.05) is 5.16 Å². The van der Waals surface area contributed by atoms with E-state index >= 15 is 0 Å². The summed E-state index contributed by atoms with van der Waals surface area (Å²) in [4.78, 5) is 26.9. The van der Waals surface area contributed by atoms with E-state index in [0.29, 0.717) is 23.0 Å². The van der Waals surface area contributed by atoms with Crippen molar-refractivity contribution in [2.24, 2.45) is 0 Å². The summed E-state index contributed by atoms with van der Waals surface area (Å²) in [5.41, 5.74) is 0.437. The molecule has 0 aliphatic carbocycles. The minimum atomic E-state index is -0.330. The van der Waals surface area contributed by atoms with Crippen LogP contribution in [0.2, 0.25) is 0 Å². The molecule has 0 aliphatic rings. The van der Waals surface area contributed by atoms with Crippen LogP contribution < -0.4 is 15.4 Å². The number of carbonyl (C=O) groups excluding carboxylic acids is 2. The second-order valence-electron chi connectivity index (χ2n) is 4.40. The second-order valence-corrected chi connectivity index (χ2v) is 4.40. The van der Waals surface area contributed by atoms with E-state index < -0.39 is 0 Å². The lowest BCUT2D eigenvalue weighted by Crippen LogP contribution is -2.35. The molecule has 2 N–H and O–H groups in total. The molecule has 22 heavy (non-hydrogen) atoms. The monoisotopic (exact) mass is 304 g/mol. The van der Waals surface area contributed by atoms with Gasteiger partial charge in [-0.15, -0.1) is 0 Å². The molecule has 2 amide bonds. The first-order valence-corrected chi connectivity index (χ1v) is 6.59. The Morgan fingerprint density at radius 3 is 2.59 bits per heavy atom. The van der Waals surface area contributed by atoms with Gasteiger partial charge in [0.2, 0.25) is 17.6 Å². The van der Waals surface area contributed by atoms with Gasteiger partial charge in [-0.2, -0.15) is 4.98 Å². The second kappa shape index (κ2) is 7.21. The number of aromatic nitrogens is 2. The van der Waals surface area contributed by atoms with Crippen molar-refractivity contribution in [2.75, 3.05) is 13.6 Å². The van der Waals surface area contributed by atoms with E-state index in [0.717, 1.165) is 0 Å². The number of benzene rings is 1. The zero-order valence-corrected chi connectivity index (χ0v) is 12.3. The van der Waals surface area contributed by atoms with Crippen molar-refractivity contribution in [2.45, 2.75) is 13.5 Å². The third-order valence-electron chi connectivity index (χ3n) is 2.74. The van der Waals surface area contributed by atoms with Gasteiger partial charge in [0, 0.05) is 19.5 Å². The normalized spacial score (nSPS) is 10.1. The van der Waals surface area contributed by atoms with E-state index in [-0.39, 0.29) is 25.0 Å². The molecule has 0 unspecified atom stereocenters. The minimum absolute atomic E-state index is 0.0647. The Hall–Kier alpha value is -2.90. The van der Waals surface area contributed by atoms with Crippen molar-refractivity contribution in [1.29, 1.82) is 0 Å². The van der Waals surface area contributed by atoms with E-state index in [2.05, 4.69) is 20.8 Å². The van der Waals surface area contributed by atoms with Crippen LogP contribution in [0.1, 0.15) is 22.1 Å². The smallest absolute Gasteiger partial charge is 0.251 e. The Labute approximate surface area is 126 Å². The van der Waals surface area contributed by atoms with E-state index in [1.165, 1.54) is 7.05 Å². The highest BCUT2D eigenvalue weighted by molar-refractivity contribution is 5.96. The van der Waals surface area contributed by atoms with Gasteiger partial charge in [-0.25, -0.2) is 0 Å². The van der Waals surface area contributed by atoms with Gasteiger partial charge >= 0.3 is 0 Å². The van der Waals surface area contributed by atoms with Gasteiger partial charge in [0.1, 0.15) is 5.75 Å². The van der Waals surface area contributed by atoms with Crippen LogP contribution in [-0.4, -0.2) is 35.5 Å². The van der Waals surface area contributed by atoms with Gasteiger partial charge in [0.15, 0.2) is 6.61 Å². The maximum absolute atomic E-state index is 11.8. The molecular weight excluding hydrogens is 288 g/mol. The third kappa shape index (κ3) is 4.30. The van der Waals surface area contributed by atoms with Crippen molar-refractivity contribution >= 4 is 11.8 Å². The van der Waals surface area contributed by atoms with Crippen LogP contribution in [-0.2, 0) is 11.4 Å². The van der Waals surface area contributed by atoms with Gasteiger partial charge < -0.3 is 19.9 Å². The number of ether oxygens (including phenoxy) is 1. The Kier molecular flexibility index (Phi) is 5.07. The molecule has 8 heteroatoms. The van der Waals surface area contributed by atoms with Crippen LogP contribution in [0.5, 0.6) is 5.75 Å². The van der Waals surface area contributed by atoms with Crippen molar-refractivity contribution in [1.82, 2.24) is 20.8 Å². The van der Waals surface area contributed by atoms with Crippen molar-refractivity contribution < 1.29 is 18.8 Å². The molecule has 1 heterocycles. The van der Waals surface area contributed by atoms with Crippen LogP contribution in [0.25, 0.3) is 0 Å². The molecule has 0 aliphatic heterocycles. The molecule has 1 aromatic heterocycles. The molecule has 2 aromatic rings. The molecule has 116 valence electrons. The predicted molar refractivity (Wildman–Crippen MR) is 76.2 cm³/mol. The molecule has 0 atom stereocenters. The highest BCUT2D eigenvalue weighted by Gasteiger charge is 2.08. The fraction of sp³-hybridized carbons (Fsp3) is 0.286. The third-order valence-corrected chi connectivity index (χ3v) is 2.74. The first-order chi connectivity index (χ1) is 10.6. The summed E-state index contributed by atoms with van der Waals surface area (Å²) < 4.78 is 10.3. The number of carbonyl (C=O) groups is 2. The first-order valence-electron chi connectivity index (χ1n) is 6.59. The lowest BCUT2D eigenvalue weighted by Gasteiger charge is -2.06. The fourth-order valence-corrected chi connectivity index (χ4v) is 1.60. The first kappa shape index (κ1) is 15.5. The Balaban J connectivity index is 1.86. The minimum Gasteiger partial charge on any atom is -0.485 e. The van der Waals surface area contributed by atoms with Gasteiger partial charge in [-0.05, 0) is 24.3 Å². The van der Waals surface area contributed by atoms with E-state index in [9.17, 15) is 9.59 Å². The molecule has 8 nitrogen and oxygen atoms in total. The molecule has 1 aromatic carbocycles. The zero-order valence-electron chi connectivity index (χ0n) is 12.3. The summed E-state index contributed by atoms with van der Waals surface area (Å²) in [5.74, 6) is 0.907. The Morgan fingerprint density at radius 1 is 1.27 bits per heavy atom. The molecule has 0 spiro atoms. The maximum atomic E-state index is 11.8. The standard InChI is InChI=1S/C14H16N4O4/c1-9-17-12(18-22-9)8-21-11-5-3-10(4-6-11)14(20)16-7-13(19)15-2/h3-6H,7-8H2,1-2H3,(H,15,19)(H,16,20). The van der Waals surface area contributed by atoms with Crippen molar-refractivity contribution in [3.8, 4) is 5.75 Å². The Morgan fingerprint density at radius 2 is 2.00 bits per heavy atom. The predicted octanol–water partition coefficient (Wildman–Crippen LogP) is 0.433. The molecule has 0 saturated heterocycles. The summed E-state index contributed by atoms with van der Waals surface area (Å²) in [6.07, 6.45) is 0. The SMILES string of the molecule is CNC(=O)CNC(=O)c1ccc(OCc2noc(C)n2)cc1. The van der Waals surface area contributed by atoms with E-state index in [4.69, 9.17) is 9.26 Å². The van der Waals surface area contributed by atoms with Crippen LogP contribution >= 0.6 is 0 Å². The molecule has 2 rings (SSSR count). The number of hydrogen-bond acceptors (Lipinski definition) is 6. The van der Waals surface area contributed by atoms with Crippen LogP contribution in [0.4, 0.5) is 0 Å². The number of nitrogens with zero attached hydrogens (tertiary/aromatic N) is 2. The number of amides is 2. The molecule has 0 fully saturated rings. The van der Waals surface area contributed by atoms with Crippen LogP contribution in [0.15, 0.2) is 28.8 Å². The largest absolute Gasteiger partial charge is 0.485 e. The molecule has 0 radical (unpaired) electrons. The fourth-order valence-electron chi connectivity index (χ4n) is 1.60. The number of aryl methyl sites for hydroxylation is 1.